The molecule has 0 saturated carbocycles. The zero-order valence-corrected chi connectivity index (χ0v) is 34.2. The first kappa shape index (κ1) is 40.0. The van der Waals surface area contributed by atoms with Crippen LogP contribution in [0.25, 0.3) is 46.8 Å². The molecule has 0 bridgehead atoms. The fourth-order valence-corrected chi connectivity index (χ4v) is 10.0. The number of hydrogen-bond donors (Lipinski definition) is 5. The molecule has 15 heteroatoms. The number of rotatable bonds is 4. The minimum Gasteiger partial charge on any atom is -0.478 e. The molecule has 0 aliphatic rings. The van der Waals surface area contributed by atoms with Crippen molar-refractivity contribution in [3.8, 4) is 10.4 Å². The van der Waals surface area contributed by atoms with Crippen LogP contribution in [0.1, 0.15) is 37.5 Å². The Labute approximate surface area is 333 Å². The third-order valence-corrected chi connectivity index (χ3v) is 13.5. The number of nitrogen functional groups attached to an aromatic ring is 1. The second-order valence-electron chi connectivity index (χ2n) is 11.8. The van der Waals surface area contributed by atoms with Crippen LogP contribution in [0.2, 0.25) is 0 Å². The van der Waals surface area contributed by atoms with Crippen molar-refractivity contribution in [3.05, 3.63) is 141 Å². The van der Waals surface area contributed by atoms with Crippen LogP contribution in [0, 0.1) is 27.7 Å². The van der Waals surface area contributed by atoms with E-state index in [4.69, 9.17) is 16.6 Å². The summed E-state index contributed by atoms with van der Waals surface area (Å²) in [5.74, 6) is -0.958. The van der Waals surface area contributed by atoms with Crippen LogP contribution in [0.5, 0.6) is 0 Å². The highest BCUT2D eigenvalue weighted by Crippen LogP contribution is 2.41. The number of halogens is 1. The summed E-state index contributed by atoms with van der Waals surface area (Å²) in [6.45, 7) is 7.87. The topological polar surface area (TPSA) is 185 Å². The van der Waals surface area contributed by atoms with Crippen LogP contribution in [0.4, 0.5) is 5.82 Å². The third kappa shape index (κ3) is 9.29. The lowest BCUT2D eigenvalue weighted by atomic mass is 10.1. The molecule has 0 saturated heterocycles. The van der Waals surface area contributed by atoms with Crippen molar-refractivity contribution < 1.29 is 14.7 Å². The summed E-state index contributed by atoms with van der Waals surface area (Å²) < 4.78 is 3.94. The number of aromatic nitrogens is 3. The Kier molecular flexibility index (Phi) is 13.2. The number of amides is 1. The van der Waals surface area contributed by atoms with E-state index in [0.29, 0.717) is 11.4 Å². The number of aryl methyl sites for hydroxylation is 4. The third-order valence-electron chi connectivity index (χ3n) is 7.89. The van der Waals surface area contributed by atoms with E-state index >= 15 is 0 Å². The first-order valence-corrected chi connectivity index (χ1v) is 20.3. The van der Waals surface area contributed by atoms with Crippen molar-refractivity contribution in [2.75, 3.05) is 5.73 Å². The summed E-state index contributed by atoms with van der Waals surface area (Å²) in [6, 6.07) is 15.8. The molecule has 1 amide bonds. The monoisotopic (exact) mass is 859 g/mol. The predicted molar refractivity (Wildman–Crippen MR) is 231 cm³/mol. The van der Waals surface area contributed by atoms with Crippen molar-refractivity contribution in [2.24, 2.45) is 5.73 Å². The predicted octanol–water partition coefficient (Wildman–Crippen LogP) is 9.67. The Morgan fingerprint density at radius 3 is 2.11 bits per heavy atom. The number of primary amides is 1. The van der Waals surface area contributed by atoms with E-state index in [2.05, 4.69) is 30.9 Å². The van der Waals surface area contributed by atoms with Crippen LogP contribution >= 0.6 is 61.3 Å². The Bertz CT molecular complexity index is 2760. The maximum absolute atomic E-state index is 11.5. The fourth-order valence-electron chi connectivity index (χ4n) is 5.32. The largest absolute Gasteiger partial charge is 0.478 e. The van der Waals surface area contributed by atoms with Gasteiger partial charge < -0.3 is 26.5 Å². The van der Waals surface area contributed by atoms with Gasteiger partial charge in [0, 0.05) is 49.2 Å². The Morgan fingerprint density at radius 2 is 1.52 bits per heavy atom. The molecule has 276 valence electrons. The quantitative estimate of drug-likeness (QED) is 0.109. The number of aliphatic carboxylic acids is 1. The van der Waals surface area contributed by atoms with E-state index in [0.717, 1.165) is 72.1 Å². The van der Waals surface area contributed by atoms with Gasteiger partial charge in [0.2, 0.25) is 0 Å². The van der Waals surface area contributed by atoms with E-state index in [9.17, 15) is 19.2 Å². The maximum Gasteiger partial charge on any atom is 0.328 e. The highest BCUT2D eigenvalue weighted by Gasteiger charge is 2.18. The lowest BCUT2D eigenvalue weighted by Crippen LogP contribution is -2.11. The summed E-state index contributed by atoms with van der Waals surface area (Å²) in [4.78, 5) is 55.6. The van der Waals surface area contributed by atoms with Gasteiger partial charge in [-0.05, 0) is 106 Å². The zero-order valence-electron chi connectivity index (χ0n) is 29.4. The van der Waals surface area contributed by atoms with E-state index < -0.39 is 11.9 Å². The van der Waals surface area contributed by atoms with Crippen LogP contribution < -0.4 is 22.6 Å². The van der Waals surface area contributed by atoms with Gasteiger partial charge in [0.1, 0.15) is 5.82 Å². The van der Waals surface area contributed by atoms with Crippen LogP contribution in [0.15, 0.2) is 97.3 Å². The maximum atomic E-state index is 11.5. The average molecular weight is 861 g/mol. The number of H-pyrrole nitrogens is 2. The standard InChI is InChI=1S/C15H13N3OS.C8H6BrNOS.C8H7NOS.C8H8O2S/c1-8-11-13(10(15(17)19)7-18-14(11)16)20-12(8)9-5-3-2-4-6-9;1-4-6-5(12-7(4)9)2-3-10-8(6)11;1-5-4-11-6-2-3-9-8(10)7(5)6;1-6-4-7(11-5-6)2-3-8(9)10/h2-7H,1H3,(H2,16,18)(H2,17,19);2-3H,1H3,(H,10,11);2-4H,1H3,(H,9,10);2-5H,1H3,(H,9,10)/b;;;3-2+. The molecular formula is C39H34BrN5O5S4. The second-order valence-corrected chi connectivity index (χ2v) is 17.0. The average Bonchev–Trinajstić information content (AvgIpc) is 3.91. The minimum absolute atomic E-state index is 0.00745. The number of carbonyl (C=O) groups excluding carboxylic acids is 1. The summed E-state index contributed by atoms with van der Waals surface area (Å²) in [6.07, 6.45) is 7.55. The number of thiophene rings is 4. The number of benzene rings is 1. The molecule has 54 heavy (non-hydrogen) atoms. The van der Waals surface area contributed by atoms with Crippen molar-refractivity contribution in [1.82, 2.24) is 15.0 Å². The molecule has 0 unspecified atom stereocenters. The molecule has 0 aliphatic carbocycles. The van der Waals surface area contributed by atoms with Gasteiger partial charge in [-0.3, -0.25) is 14.4 Å². The van der Waals surface area contributed by atoms with E-state index in [1.807, 2.05) is 87.0 Å². The SMILES string of the molecule is Cc1c(-c2ccccc2)sc2c(C(N)=O)cnc(N)c12.Cc1c(Br)sc2cc[nH]c(=O)c12.Cc1csc(/C=C/C(=O)O)c1.Cc1csc2cc[nH]c(=O)c12. The van der Waals surface area contributed by atoms with Crippen molar-refractivity contribution >= 4 is 115 Å². The molecule has 0 fully saturated rings. The van der Waals surface area contributed by atoms with Gasteiger partial charge in [0.25, 0.3) is 17.0 Å². The summed E-state index contributed by atoms with van der Waals surface area (Å²) >= 11 is 9.67. The normalized spacial score (nSPS) is 10.8. The summed E-state index contributed by atoms with van der Waals surface area (Å²) in [5.41, 5.74) is 17.2. The Balaban J connectivity index is 0.000000144. The molecular weight excluding hydrogens is 827 g/mol. The van der Waals surface area contributed by atoms with Crippen LogP contribution in [-0.4, -0.2) is 31.9 Å². The molecule has 7 aromatic heterocycles. The number of carboxylic acids is 1. The van der Waals surface area contributed by atoms with Gasteiger partial charge in [0.05, 0.1) is 24.8 Å². The molecule has 7 heterocycles. The summed E-state index contributed by atoms with van der Waals surface area (Å²) in [5, 5.41) is 14.7. The van der Waals surface area contributed by atoms with Gasteiger partial charge in [-0.25, -0.2) is 9.78 Å². The second kappa shape index (κ2) is 17.8. The number of anilines is 1. The van der Waals surface area contributed by atoms with Gasteiger partial charge in [0.15, 0.2) is 0 Å². The van der Waals surface area contributed by atoms with Gasteiger partial charge in [-0.2, -0.15) is 0 Å². The molecule has 0 radical (unpaired) electrons. The molecule has 10 nitrogen and oxygen atoms in total. The Morgan fingerprint density at radius 1 is 0.852 bits per heavy atom. The molecule has 0 aliphatic heterocycles. The first-order valence-electron chi connectivity index (χ1n) is 16.1. The van der Waals surface area contributed by atoms with Gasteiger partial charge >= 0.3 is 5.97 Å². The molecule has 8 aromatic rings. The number of aromatic amines is 2. The van der Waals surface area contributed by atoms with E-state index in [-0.39, 0.29) is 11.1 Å². The Hall–Kier alpha value is -5.19. The highest BCUT2D eigenvalue weighted by atomic mass is 79.9. The molecule has 0 atom stereocenters. The number of fused-ring (bicyclic) bond motifs is 3. The van der Waals surface area contributed by atoms with Crippen molar-refractivity contribution in [1.29, 1.82) is 0 Å². The molecule has 0 spiro atoms. The fraction of sp³-hybridized carbons (Fsp3) is 0.103. The van der Waals surface area contributed by atoms with Gasteiger partial charge in [-0.1, -0.05) is 30.3 Å². The molecule has 7 N–H and O–H groups in total. The number of nitrogens with one attached hydrogen (secondary N) is 2. The van der Waals surface area contributed by atoms with Crippen molar-refractivity contribution in [2.45, 2.75) is 27.7 Å². The number of carboxylic acid groups (broad SMARTS) is 1. The minimum atomic E-state index is -0.906. The number of nitrogens with two attached hydrogens (primary N) is 2. The number of carbonyl (C=O) groups is 2. The lowest BCUT2D eigenvalue weighted by molar-refractivity contribution is -0.131. The zero-order chi connectivity index (χ0) is 39.1. The number of nitrogens with zero attached hydrogens (tertiary/aromatic N) is 1. The smallest absolute Gasteiger partial charge is 0.328 e. The highest BCUT2D eigenvalue weighted by molar-refractivity contribution is 9.11. The van der Waals surface area contributed by atoms with Gasteiger partial charge in [-0.15, -0.1) is 45.3 Å². The number of pyridine rings is 3. The first-order chi connectivity index (χ1) is 25.8. The molecule has 1 aromatic carbocycles. The van der Waals surface area contributed by atoms with Crippen LogP contribution in [0.3, 0.4) is 0 Å². The van der Waals surface area contributed by atoms with Crippen LogP contribution in [-0.2, 0) is 4.79 Å². The lowest BCUT2D eigenvalue weighted by Gasteiger charge is -2.01. The summed E-state index contributed by atoms with van der Waals surface area (Å²) in [7, 11) is 0. The number of hydrogen-bond acceptors (Lipinski definition) is 10. The van der Waals surface area contributed by atoms with E-state index in [1.54, 1.807) is 52.5 Å². The van der Waals surface area contributed by atoms with Crippen molar-refractivity contribution in [3.63, 3.8) is 0 Å². The van der Waals surface area contributed by atoms with E-state index in [1.165, 1.54) is 23.1 Å². The molecule has 8 rings (SSSR count).